The Kier molecular flexibility index (Phi) is 8.32. The number of hydrogen-bond donors (Lipinski definition) is 6. The maximum Gasteiger partial charge on any atom is 0.335 e. The first-order valence-electron chi connectivity index (χ1n) is 15.9. The lowest BCUT2D eigenvalue weighted by molar-refractivity contribution is -0.199. The van der Waals surface area contributed by atoms with Gasteiger partial charge in [-0.2, -0.15) is 0 Å². The number of aliphatic carboxylic acids is 2. The van der Waals surface area contributed by atoms with Crippen molar-refractivity contribution in [3.05, 3.63) is 58.7 Å². The number of phenols is 1. The Morgan fingerprint density at radius 2 is 1.66 bits per heavy atom. The van der Waals surface area contributed by atoms with Gasteiger partial charge in [-0.15, -0.1) is 0 Å². The van der Waals surface area contributed by atoms with Crippen LogP contribution in [0.2, 0.25) is 0 Å². The van der Waals surface area contributed by atoms with Crippen LogP contribution < -0.4 is 4.74 Å². The fourth-order valence-corrected chi connectivity index (χ4v) is 8.46. The molecule has 0 radical (unpaired) electrons. The summed E-state index contributed by atoms with van der Waals surface area (Å²) in [7, 11) is 0. The Labute approximate surface area is 271 Å². The van der Waals surface area contributed by atoms with E-state index < -0.39 is 47.3 Å². The van der Waals surface area contributed by atoms with Gasteiger partial charge in [0.15, 0.2) is 23.7 Å². The van der Waals surface area contributed by atoms with Crippen molar-refractivity contribution in [2.75, 3.05) is 13.1 Å². The summed E-state index contributed by atoms with van der Waals surface area (Å²) in [6, 6.07) is 10.4. The number of phenolic OH excluding ortho intramolecular Hbond substituents is 1. The monoisotopic (exact) mass is 652 g/mol. The van der Waals surface area contributed by atoms with Crippen molar-refractivity contribution in [1.29, 1.82) is 0 Å². The average molecular weight is 653 g/mol. The number of aliphatic hydroxyl groups excluding tert-OH is 2. The Morgan fingerprint density at radius 3 is 2.26 bits per heavy atom. The summed E-state index contributed by atoms with van der Waals surface area (Å²) in [5, 5.41) is 56.0. The largest absolute Gasteiger partial charge is 0.504 e. The second kappa shape index (κ2) is 11.9. The average Bonchev–Trinajstić information content (AvgIpc) is 3.77. The third kappa shape index (κ3) is 5.16. The summed E-state index contributed by atoms with van der Waals surface area (Å²) in [6.07, 6.45) is -0.325. The van der Waals surface area contributed by atoms with E-state index in [1.807, 2.05) is 31.2 Å². The molecule has 5 aliphatic rings. The molecule has 2 amide bonds. The number of amides is 2. The number of likely N-dealkylation sites (tertiary alicyclic amines) is 1. The van der Waals surface area contributed by atoms with E-state index in [0.717, 1.165) is 29.8 Å². The van der Waals surface area contributed by atoms with E-state index in [9.17, 15) is 29.4 Å². The number of carboxylic acids is 2. The molecule has 2 bridgehead atoms. The minimum absolute atomic E-state index is 0.0465. The van der Waals surface area contributed by atoms with Gasteiger partial charge in [0.05, 0.1) is 17.1 Å². The second-order valence-electron chi connectivity index (χ2n) is 13.5. The molecule has 0 aromatic heterocycles. The normalized spacial score (nSPS) is 29.7. The van der Waals surface area contributed by atoms with Gasteiger partial charge in [0.2, 0.25) is 5.91 Å². The molecule has 1 spiro atoms. The molecule has 2 aromatic rings. The zero-order valence-corrected chi connectivity index (χ0v) is 26.2. The van der Waals surface area contributed by atoms with Crippen LogP contribution in [0.1, 0.15) is 66.1 Å². The Bertz CT molecular complexity index is 1610. The summed E-state index contributed by atoms with van der Waals surface area (Å²) in [6.45, 7) is 5.14. The molecule has 2 aromatic carbocycles. The first-order valence-corrected chi connectivity index (χ1v) is 15.9. The van der Waals surface area contributed by atoms with Gasteiger partial charge in [-0.3, -0.25) is 19.4 Å². The molecule has 2 heterocycles. The van der Waals surface area contributed by atoms with Crippen molar-refractivity contribution >= 4 is 23.8 Å². The predicted octanol–water partition coefficient (Wildman–Crippen LogP) is 1.20. The highest BCUT2D eigenvalue weighted by atomic mass is 16.5. The number of piperidine rings is 1. The molecule has 2 unspecified atom stereocenters. The van der Waals surface area contributed by atoms with Crippen molar-refractivity contribution < 1.29 is 54.6 Å². The maximum absolute atomic E-state index is 13.9. The van der Waals surface area contributed by atoms with E-state index in [1.165, 1.54) is 24.7 Å². The van der Waals surface area contributed by atoms with E-state index in [1.54, 1.807) is 12.1 Å². The lowest BCUT2D eigenvalue weighted by Crippen LogP contribution is -2.78. The molecular formula is C34H40N2O11. The molecule has 3 aliphatic carbocycles. The number of ether oxygens (including phenoxy) is 1. The third-order valence-electron chi connectivity index (χ3n) is 10.8. The first-order chi connectivity index (χ1) is 22.2. The molecule has 47 heavy (non-hydrogen) atoms. The predicted molar refractivity (Wildman–Crippen MR) is 164 cm³/mol. The van der Waals surface area contributed by atoms with Crippen LogP contribution in [0.4, 0.5) is 0 Å². The van der Waals surface area contributed by atoms with E-state index in [-0.39, 0.29) is 23.6 Å². The van der Waals surface area contributed by atoms with Crippen molar-refractivity contribution in [3.63, 3.8) is 0 Å². The number of carbonyl (C=O) groups excluding carboxylic acids is 2. The van der Waals surface area contributed by atoms with Gasteiger partial charge in [0.1, 0.15) is 6.10 Å². The highest BCUT2D eigenvalue weighted by Gasteiger charge is 2.73. The third-order valence-corrected chi connectivity index (χ3v) is 10.8. The number of aliphatic hydroxyl groups is 3. The minimum Gasteiger partial charge on any atom is -0.504 e. The van der Waals surface area contributed by atoms with Crippen molar-refractivity contribution in [3.8, 4) is 11.5 Å². The van der Waals surface area contributed by atoms with Crippen LogP contribution in [0.3, 0.4) is 0 Å². The van der Waals surface area contributed by atoms with Gasteiger partial charge in [0.25, 0.3) is 5.91 Å². The van der Waals surface area contributed by atoms with Crippen LogP contribution in [-0.4, -0.2) is 113 Å². The van der Waals surface area contributed by atoms with Crippen LogP contribution in [0.5, 0.6) is 11.5 Å². The molecule has 3 fully saturated rings. The van der Waals surface area contributed by atoms with Gasteiger partial charge in [0, 0.05) is 30.6 Å². The standard InChI is InChI=1S/C30H34N2O5.C4H6O6/c1-17-5-3-4-6-21(17)28(35)32(18(2)33)22-11-12-30(36)24-15-20-9-10-23(34)26-25(20)29(30,27(22)37-26)13-14-31(24)16-19-7-8-19;5-1(3(7)8)2(6)4(9)10/h3-6,9-10,19,22,24,27,34,36H,7-8,11-16H2,1-2H3;1-2,5-6H,(H,7,8)(H,9,10)/t22-,24-,27+,29+,30-;/m1./s1. The molecule has 252 valence electrons. The quantitative estimate of drug-likeness (QED) is 0.250. The molecule has 13 heteroatoms. The van der Waals surface area contributed by atoms with Crippen molar-refractivity contribution in [1.82, 2.24) is 9.80 Å². The molecule has 6 N–H and O–H groups in total. The van der Waals surface area contributed by atoms with Gasteiger partial charge in [-0.1, -0.05) is 24.3 Å². The van der Waals surface area contributed by atoms with E-state index in [2.05, 4.69) is 4.90 Å². The van der Waals surface area contributed by atoms with Crippen LogP contribution in [0.15, 0.2) is 36.4 Å². The molecule has 7 atom stereocenters. The molecular weight excluding hydrogens is 612 g/mol. The number of nitrogens with zero attached hydrogens (tertiary/aromatic N) is 2. The number of aromatic hydroxyl groups is 1. The number of rotatable bonds is 7. The molecule has 1 saturated heterocycles. The number of hydrogen-bond acceptors (Lipinski definition) is 10. The highest BCUT2D eigenvalue weighted by Crippen LogP contribution is 2.66. The minimum atomic E-state index is -2.27. The van der Waals surface area contributed by atoms with Gasteiger partial charge >= 0.3 is 11.9 Å². The highest BCUT2D eigenvalue weighted by molar-refractivity contribution is 6.05. The Morgan fingerprint density at radius 1 is 1.00 bits per heavy atom. The van der Waals surface area contributed by atoms with Crippen LogP contribution >= 0.6 is 0 Å². The van der Waals surface area contributed by atoms with Gasteiger partial charge in [-0.05, 0) is 81.2 Å². The lowest BCUT2D eigenvalue weighted by Gasteiger charge is -2.64. The summed E-state index contributed by atoms with van der Waals surface area (Å²) in [5.41, 5.74) is 1.48. The smallest absolute Gasteiger partial charge is 0.335 e. The fraction of sp³-hybridized carbons (Fsp3) is 0.529. The Balaban J connectivity index is 0.000000337. The zero-order chi connectivity index (χ0) is 34.0. The number of aryl methyl sites for hydroxylation is 1. The maximum atomic E-state index is 13.9. The lowest BCUT2D eigenvalue weighted by atomic mass is 9.48. The summed E-state index contributed by atoms with van der Waals surface area (Å²) in [5.74, 6) is -3.01. The zero-order valence-electron chi connectivity index (χ0n) is 26.2. The summed E-state index contributed by atoms with van der Waals surface area (Å²) >= 11 is 0. The van der Waals surface area contributed by atoms with Crippen LogP contribution in [0.25, 0.3) is 0 Å². The number of carbonyl (C=O) groups is 4. The van der Waals surface area contributed by atoms with E-state index in [0.29, 0.717) is 42.9 Å². The van der Waals surface area contributed by atoms with E-state index >= 15 is 0 Å². The van der Waals surface area contributed by atoms with E-state index in [4.69, 9.17) is 25.2 Å². The van der Waals surface area contributed by atoms with Crippen LogP contribution in [-0.2, 0) is 26.2 Å². The second-order valence-corrected chi connectivity index (χ2v) is 13.5. The summed E-state index contributed by atoms with van der Waals surface area (Å²) < 4.78 is 6.59. The van der Waals surface area contributed by atoms with Crippen LogP contribution in [0, 0.1) is 12.8 Å². The molecule has 7 rings (SSSR count). The SMILES string of the molecule is CC(=O)N(C(=O)c1ccccc1C)[C@@H]1CC[C@@]2(O)[C@H]3Cc4ccc(O)c5c4[C@@]2(CCN3CC2CC2)[C@H]1O5.O=C(O)C(O)C(O)C(=O)O. The topological polar surface area (TPSA) is 205 Å². The van der Waals surface area contributed by atoms with Gasteiger partial charge < -0.3 is 35.4 Å². The number of carboxylic acid groups (broad SMARTS) is 2. The van der Waals surface area contributed by atoms with Crippen molar-refractivity contribution in [2.24, 2.45) is 5.92 Å². The van der Waals surface area contributed by atoms with Gasteiger partial charge in [-0.25, -0.2) is 9.59 Å². The molecule has 13 nitrogen and oxygen atoms in total. The Hall–Kier alpha value is -4.04. The van der Waals surface area contributed by atoms with Crippen molar-refractivity contribution in [2.45, 2.75) is 93.8 Å². The number of imide groups is 1. The fourth-order valence-electron chi connectivity index (χ4n) is 8.46. The number of benzene rings is 2. The summed E-state index contributed by atoms with van der Waals surface area (Å²) in [4.78, 5) is 50.4. The first kappa shape index (κ1) is 32.9. The molecule has 2 aliphatic heterocycles. The molecule has 2 saturated carbocycles.